The van der Waals surface area contributed by atoms with Crippen LogP contribution in [-0.4, -0.2) is 28.2 Å². The zero-order valence-electron chi connectivity index (χ0n) is 14.0. The largest absolute Gasteiger partial charge is 0.466 e. The van der Waals surface area contributed by atoms with Crippen molar-refractivity contribution in [3.8, 4) is 0 Å². The summed E-state index contributed by atoms with van der Waals surface area (Å²) in [5.74, 6) is 0.309. The van der Waals surface area contributed by atoms with Crippen molar-refractivity contribution in [3.05, 3.63) is 59.1 Å². The van der Waals surface area contributed by atoms with Gasteiger partial charge < -0.3 is 15.2 Å². The topological polar surface area (TPSA) is 84.3 Å². The van der Waals surface area contributed by atoms with Crippen molar-refractivity contribution in [1.29, 1.82) is 0 Å². The summed E-state index contributed by atoms with van der Waals surface area (Å²) in [6.07, 6.45) is 4.13. The molecule has 1 atom stereocenters. The molecule has 0 saturated heterocycles. The Balaban J connectivity index is 1.96. The number of carbonyl (C=O) groups is 1. The summed E-state index contributed by atoms with van der Waals surface area (Å²) in [5, 5.41) is 12.8. The second kappa shape index (κ2) is 8.21. The van der Waals surface area contributed by atoms with Gasteiger partial charge in [0.1, 0.15) is 5.82 Å². The van der Waals surface area contributed by atoms with Crippen molar-refractivity contribution in [2.24, 2.45) is 0 Å². The molecule has 0 amide bonds. The van der Waals surface area contributed by atoms with Gasteiger partial charge in [0.25, 0.3) is 0 Å². The summed E-state index contributed by atoms with van der Waals surface area (Å²) in [5.41, 5.74) is 3.33. The fourth-order valence-electron chi connectivity index (χ4n) is 2.19. The number of rotatable bonds is 6. The molecule has 126 valence electrons. The van der Waals surface area contributed by atoms with Crippen LogP contribution in [-0.2, 0) is 16.1 Å². The highest BCUT2D eigenvalue weighted by Gasteiger charge is 2.06. The SMILES string of the molecule is COC(=O)C=Cc1ccc(NCc2ccc(C(C)O)c(C)n2)nc1. The van der Waals surface area contributed by atoms with Gasteiger partial charge in [-0.1, -0.05) is 6.07 Å². The first-order valence-electron chi connectivity index (χ1n) is 7.60. The molecule has 0 saturated carbocycles. The predicted molar refractivity (Wildman–Crippen MR) is 92.2 cm³/mol. The van der Waals surface area contributed by atoms with Gasteiger partial charge >= 0.3 is 5.97 Å². The lowest BCUT2D eigenvalue weighted by Gasteiger charge is -2.11. The van der Waals surface area contributed by atoms with Crippen LogP contribution < -0.4 is 5.32 Å². The number of ether oxygens (including phenoxy) is 1. The van der Waals surface area contributed by atoms with Crippen LogP contribution >= 0.6 is 0 Å². The molecular formula is C18H21N3O3. The minimum atomic E-state index is -0.522. The van der Waals surface area contributed by atoms with Crippen LogP contribution in [0.25, 0.3) is 6.08 Å². The quantitative estimate of drug-likeness (QED) is 0.627. The second-order valence-corrected chi connectivity index (χ2v) is 5.34. The highest BCUT2D eigenvalue weighted by Crippen LogP contribution is 2.16. The van der Waals surface area contributed by atoms with Crippen LogP contribution in [0, 0.1) is 6.92 Å². The number of methoxy groups -OCH3 is 1. The molecule has 0 aliphatic carbocycles. The van der Waals surface area contributed by atoms with Crippen LogP contribution in [0.1, 0.15) is 35.5 Å². The van der Waals surface area contributed by atoms with Gasteiger partial charge in [0.2, 0.25) is 0 Å². The average molecular weight is 327 g/mol. The Morgan fingerprint density at radius 2 is 2.17 bits per heavy atom. The van der Waals surface area contributed by atoms with Crippen LogP contribution in [0.4, 0.5) is 5.82 Å². The molecular weight excluding hydrogens is 306 g/mol. The average Bonchev–Trinajstić information content (AvgIpc) is 2.58. The van der Waals surface area contributed by atoms with Crippen molar-refractivity contribution in [3.63, 3.8) is 0 Å². The first-order chi connectivity index (χ1) is 11.5. The zero-order valence-corrected chi connectivity index (χ0v) is 14.0. The van der Waals surface area contributed by atoms with E-state index in [1.54, 1.807) is 19.2 Å². The van der Waals surface area contributed by atoms with Crippen molar-refractivity contribution in [2.75, 3.05) is 12.4 Å². The number of hydrogen-bond donors (Lipinski definition) is 2. The standard InChI is InChI=1S/C18H21N3O3/c1-12-16(13(2)22)7-6-15(21-12)11-20-17-8-4-14(10-19-17)5-9-18(23)24-3/h4-10,13,22H,11H2,1-3H3,(H,19,20). The van der Waals surface area contributed by atoms with Gasteiger partial charge in [-0.3, -0.25) is 4.98 Å². The molecule has 0 radical (unpaired) electrons. The lowest BCUT2D eigenvalue weighted by atomic mass is 10.1. The Labute approximate surface area is 141 Å². The van der Waals surface area contributed by atoms with E-state index in [4.69, 9.17) is 0 Å². The van der Waals surface area contributed by atoms with E-state index in [2.05, 4.69) is 20.0 Å². The van der Waals surface area contributed by atoms with Gasteiger partial charge in [0.15, 0.2) is 0 Å². The van der Waals surface area contributed by atoms with Crippen molar-refractivity contribution in [1.82, 2.24) is 9.97 Å². The van der Waals surface area contributed by atoms with Gasteiger partial charge in [-0.05, 0) is 43.7 Å². The minimum absolute atomic E-state index is 0.403. The number of carbonyl (C=O) groups excluding carboxylic acids is 1. The normalized spacial score (nSPS) is 12.2. The summed E-state index contributed by atoms with van der Waals surface area (Å²) in [7, 11) is 1.33. The monoisotopic (exact) mass is 327 g/mol. The Morgan fingerprint density at radius 1 is 1.38 bits per heavy atom. The minimum Gasteiger partial charge on any atom is -0.466 e. The highest BCUT2D eigenvalue weighted by atomic mass is 16.5. The van der Waals surface area contributed by atoms with Crippen molar-refractivity contribution >= 4 is 17.9 Å². The number of anilines is 1. The van der Waals surface area contributed by atoms with E-state index < -0.39 is 12.1 Å². The summed E-state index contributed by atoms with van der Waals surface area (Å²) in [6.45, 7) is 4.14. The van der Waals surface area contributed by atoms with E-state index in [1.807, 2.05) is 31.2 Å². The summed E-state index contributed by atoms with van der Waals surface area (Å²) in [6, 6.07) is 7.45. The Hall–Kier alpha value is -2.73. The molecule has 24 heavy (non-hydrogen) atoms. The number of hydrogen-bond acceptors (Lipinski definition) is 6. The first kappa shape index (κ1) is 17.6. The molecule has 2 aromatic rings. The van der Waals surface area contributed by atoms with Gasteiger partial charge in [-0.25, -0.2) is 9.78 Å². The lowest BCUT2D eigenvalue weighted by Crippen LogP contribution is -2.06. The molecule has 0 aliphatic rings. The van der Waals surface area contributed by atoms with Crippen LogP contribution in [0.15, 0.2) is 36.5 Å². The third-order valence-electron chi connectivity index (χ3n) is 3.48. The molecule has 0 bridgehead atoms. The fourth-order valence-corrected chi connectivity index (χ4v) is 2.19. The fraction of sp³-hybridized carbons (Fsp3) is 0.278. The number of pyridine rings is 2. The predicted octanol–water partition coefficient (Wildman–Crippen LogP) is 2.64. The Morgan fingerprint density at radius 3 is 2.75 bits per heavy atom. The van der Waals surface area contributed by atoms with Gasteiger partial charge in [-0.2, -0.15) is 0 Å². The molecule has 1 unspecified atom stereocenters. The molecule has 2 rings (SSSR count). The van der Waals surface area contributed by atoms with Gasteiger partial charge in [0, 0.05) is 23.5 Å². The van der Waals surface area contributed by atoms with Crippen molar-refractivity contribution < 1.29 is 14.6 Å². The number of aryl methyl sites for hydroxylation is 1. The van der Waals surface area contributed by atoms with Gasteiger partial charge in [-0.15, -0.1) is 0 Å². The van der Waals surface area contributed by atoms with E-state index >= 15 is 0 Å². The van der Waals surface area contributed by atoms with E-state index in [0.29, 0.717) is 12.4 Å². The third kappa shape index (κ3) is 4.89. The van der Waals surface area contributed by atoms with E-state index in [1.165, 1.54) is 13.2 Å². The molecule has 0 aliphatic heterocycles. The summed E-state index contributed by atoms with van der Waals surface area (Å²) >= 11 is 0. The summed E-state index contributed by atoms with van der Waals surface area (Å²) < 4.78 is 4.53. The first-order valence-corrected chi connectivity index (χ1v) is 7.60. The van der Waals surface area contributed by atoms with Crippen LogP contribution in [0.5, 0.6) is 0 Å². The maximum Gasteiger partial charge on any atom is 0.330 e. The molecule has 0 spiro atoms. The summed E-state index contributed by atoms with van der Waals surface area (Å²) in [4.78, 5) is 19.8. The Bertz CT molecular complexity index is 725. The second-order valence-electron chi connectivity index (χ2n) is 5.34. The highest BCUT2D eigenvalue weighted by molar-refractivity contribution is 5.86. The zero-order chi connectivity index (χ0) is 17.5. The van der Waals surface area contributed by atoms with E-state index in [0.717, 1.165) is 22.5 Å². The van der Waals surface area contributed by atoms with Crippen molar-refractivity contribution in [2.45, 2.75) is 26.5 Å². The molecule has 0 aromatic carbocycles. The van der Waals surface area contributed by atoms with E-state index in [9.17, 15) is 9.90 Å². The number of esters is 1. The molecule has 2 aromatic heterocycles. The molecule has 0 fully saturated rings. The smallest absolute Gasteiger partial charge is 0.330 e. The third-order valence-corrected chi connectivity index (χ3v) is 3.48. The molecule has 6 nitrogen and oxygen atoms in total. The molecule has 2 heterocycles. The van der Waals surface area contributed by atoms with E-state index in [-0.39, 0.29) is 0 Å². The number of nitrogens with one attached hydrogen (secondary N) is 1. The number of aliphatic hydroxyl groups is 1. The maximum absolute atomic E-state index is 11.0. The lowest BCUT2D eigenvalue weighted by molar-refractivity contribution is -0.134. The molecule has 6 heteroatoms. The van der Waals surface area contributed by atoms with Gasteiger partial charge in [0.05, 0.1) is 25.5 Å². The number of aromatic nitrogens is 2. The van der Waals surface area contributed by atoms with Crippen LogP contribution in [0.2, 0.25) is 0 Å². The number of aliphatic hydroxyl groups excluding tert-OH is 1. The van der Waals surface area contributed by atoms with Crippen LogP contribution in [0.3, 0.4) is 0 Å². The number of nitrogens with zero attached hydrogens (tertiary/aromatic N) is 2. The maximum atomic E-state index is 11.0. The molecule has 2 N–H and O–H groups in total. The Kier molecular flexibility index (Phi) is 6.03.